The van der Waals surface area contributed by atoms with Gasteiger partial charge in [0.2, 0.25) is 0 Å². The summed E-state index contributed by atoms with van der Waals surface area (Å²) in [4.78, 5) is 32.4. The van der Waals surface area contributed by atoms with Crippen molar-refractivity contribution in [1.82, 2.24) is 19.4 Å². The first-order valence-electron chi connectivity index (χ1n) is 7.23. The third-order valence-corrected chi connectivity index (χ3v) is 3.84. The number of fused-ring (bicyclic) bond motifs is 1. The van der Waals surface area contributed by atoms with E-state index in [-0.39, 0.29) is 11.6 Å². The minimum Gasteiger partial charge on any atom is -0.325 e. The molecule has 1 aromatic heterocycles. The third kappa shape index (κ3) is 2.55. The van der Waals surface area contributed by atoms with Crippen molar-refractivity contribution < 1.29 is 4.79 Å². The maximum Gasteiger partial charge on any atom is 0.320 e. The predicted octanol–water partition coefficient (Wildman–Crippen LogP) is 1.08. The number of hydrogen-bond donors (Lipinski definition) is 0. The molecule has 0 aromatic carbocycles. The zero-order chi connectivity index (χ0) is 14.7. The second-order valence-electron chi connectivity index (χ2n) is 4.89. The summed E-state index contributed by atoms with van der Waals surface area (Å²) in [7, 11) is 0. The fraction of sp³-hybridized carbons (Fsp3) is 0.643. The molecule has 0 spiro atoms. The molecule has 6 nitrogen and oxygen atoms in total. The van der Waals surface area contributed by atoms with Gasteiger partial charge in [-0.15, -0.1) is 0 Å². The molecule has 0 saturated carbocycles. The molecule has 110 valence electrons. The smallest absolute Gasteiger partial charge is 0.320 e. The summed E-state index contributed by atoms with van der Waals surface area (Å²) in [6.07, 6.45) is 2.17. The molecule has 20 heavy (non-hydrogen) atoms. The fourth-order valence-electron chi connectivity index (χ4n) is 2.54. The molecular weight excluding hydrogens is 256 g/mol. The summed E-state index contributed by atoms with van der Waals surface area (Å²) >= 11 is 0. The molecule has 0 N–H and O–H groups in total. The second kappa shape index (κ2) is 6.07. The van der Waals surface area contributed by atoms with Gasteiger partial charge in [-0.05, 0) is 27.2 Å². The number of amides is 2. The summed E-state index contributed by atoms with van der Waals surface area (Å²) in [5.41, 5.74) is 1.54. The largest absolute Gasteiger partial charge is 0.325 e. The van der Waals surface area contributed by atoms with E-state index in [4.69, 9.17) is 0 Å². The van der Waals surface area contributed by atoms with Crippen molar-refractivity contribution in [3.8, 4) is 0 Å². The van der Waals surface area contributed by atoms with Gasteiger partial charge in [0, 0.05) is 31.7 Å². The Morgan fingerprint density at radius 3 is 2.65 bits per heavy atom. The number of hydrogen-bond acceptors (Lipinski definition) is 3. The van der Waals surface area contributed by atoms with E-state index in [9.17, 15) is 9.59 Å². The Hall–Kier alpha value is -1.85. The molecular formula is C14H22N4O2. The van der Waals surface area contributed by atoms with Crippen molar-refractivity contribution in [2.75, 3.05) is 19.6 Å². The summed E-state index contributed by atoms with van der Waals surface area (Å²) in [5, 5.41) is 0. The number of carbonyl (C=O) groups excluding carboxylic acids is 1. The normalized spacial score (nSPS) is 14.1. The van der Waals surface area contributed by atoms with E-state index in [1.807, 2.05) is 20.8 Å². The van der Waals surface area contributed by atoms with Gasteiger partial charge in [0.05, 0.1) is 18.6 Å². The number of urea groups is 1. The number of aromatic nitrogens is 2. The molecule has 2 rings (SSSR count). The first-order chi connectivity index (χ1) is 9.62. The lowest BCUT2D eigenvalue weighted by Crippen LogP contribution is -2.46. The third-order valence-electron chi connectivity index (χ3n) is 3.84. The summed E-state index contributed by atoms with van der Waals surface area (Å²) in [5.74, 6) is 0. The van der Waals surface area contributed by atoms with Gasteiger partial charge in [-0.2, -0.15) is 0 Å². The maximum absolute atomic E-state index is 12.3. The predicted molar refractivity (Wildman–Crippen MR) is 76.6 cm³/mol. The summed E-state index contributed by atoms with van der Waals surface area (Å²) in [6, 6.07) is 0.0297. The Bertz CT molecular complexity index is 549. The molecule has 1 aliphatic rings. The Morgan fingerprint density at radius 1 is 1.35 bits per heavy atom. The molecule has 0 saturated heterocycles. The topological polar surface area (TPSA) is 58.4 Å². The monoisotopic (exact) mass is 278 g/mol. The number of nitrogens with zero attached hydrogens (tertiary/aromatic N) is 4. The van der Waals surface area contributed by atoms with Crippen LogP contribution in [0.4, 0.5) is 4.79 Å². The summed E-state index contributed by atoms with van der Waals surface area (Å²) in [6.45, 7) is 8.91. The molecule has 2 heterocycles. The zero-order valence-electron chi connectivity index (χ0n) is 12.4. The number of rotatable bonds is 3. The van der Waals surface area contributed by atoms with E-state index < -0.39 is 0 Å². The van der Waals surface area contributed by atoms with Crippen LogP contribution >= 0.6 is 0 Å². The maximum atomic E-state index is 12.3. The molecule has 1 aromatic rings. The van der Waals surface area contributed by atoms with E-state index >= 15 is 0 Å². The molecule has 0 atom stereocenters. The lowest BCUT2D eigenvalue weighted by atomic mass is 10.1. The van der Waals surface area contributed by atoms with Crippen molar-refractivity contribution in [3.05, 3.63) is 27.9 Å². The molecule has 2 amide bonds. The lowest BCUT2D eigenvalue weighted by molar-refractivity contribution is 0.151. The molecule has 0 radical (unpaired) electrons. The van der Waals surface area contributed by atoms with Gasteiger partial charge in [0.1, 0.15) is 0 Å². The van der Waals surface area contributed by atoms with Crippen molar-refractivity contribution in [1.29, 1.82) is 0 Å². The lowest BCUT2D eigenvalue weighted by Gasteiger charge is -2.32. The molecule has 6 heteroatoms. The molecule has 1 aliphatic heterocycles. The highest BCUT2D eigenvalue weighted by Gasteiger charge is 2.26. The first kappa shape index (κ1) is 14.6. The van der Waals surface area contributed by atoms with E-state index in [1.165, 1.54) is 0 Å². The van der Waals surface area contributed by atoms with Gasteiger partial charge >= 0.3 is 6.03 Å². The molecule has 0 fully saturated rings. The first-order valence-corrected chi connectivity index (χ1v) is 7.23. The van der Waals surface area contributed by atoms with Gasteiger partial charge < -0.3 is 9.80 Å². The van der Waals surface area contributed by atoms with Crippen LogP contribution in [0.25, 0.3) is 0 Å². The van der Waals surface area contributed by atoms with Gasteiger partial charge in [-0.25, -0.2) is 9.78 Å². The fourth-order valence-corrected chi connectivity index (χ4v) is 2.54. The average molecular weight is 278 g/mol. The van der Waals surface area contributed by atoms with Crippen LogP contribution in [0.1, 0.15) is 32.0 Å². The van der Waals surface area contributed by atoms with Crippen molar-refractivity contribution in [2.45, 2.75) is 40.3 Å². The van der Waals surface area contributed by atoms with E-state index in [1.54, 1.807) is 20.7 Å². The van der Waals surface area contributed by atoms with Crippen molar-refractivity contribution in [3.63, 3.8) is 0 Å². The Balaban J connectivity index is 2.22. The van der Waals surface area contributed by atoms with Crippen LogP contribution in [0.3, 0.4) is 0 Å². The quantitative estimate of drug-likeness (QED) is 0.831. The van der Waals surface area contributed by atoms with Crippen molar-refractivity contribution in [2.24, 2.45) is 0 Å². The minimum absolute atomic E-state index is 0.0297. The van der Waals surface area contributed by atoms with Crippen LogP contribution in [0.5, 0.6) is 0 Å². The number of aryl methyl sites for hydroxylation is 1. The average Bonchev–Trinajstić information content (AvgIpc) is 2.48. The standard InChI is InChI=1S/C14H22N4O2/c1-4-16(5-2)14(20)18-8-7-11-12(9-18)15-10-17(6-3)13(11)19/h10H,4-9H2,1-3H3. The van der Waals surface area contributed by atoms with E-state index in [0.717, 1.165) is 11.3 Å². The Morgan fingerprint density at radius 2 is 2.05 bits per heavy atom. The van der Waals surface area contributed by atoms with E-state index in [0.29, 0.717) is 39.1 Å². The van der Waals surface area contributed by atoms with Gasteiger partial charge in [0.25, 0.3) is 5.56 Å². The highest BCUT2D eigenvalue weighted by atomic mass is 16.2. The van der Waals surface area contributed by atoms with Gasteiger partial charge in [0.15, 0.2) is 0 Å². The molecule has 0 bridgehead atoms. The SMILES string of the molecule is CCN(CC)C(=O)N1CCc2c(ncn(CC)c2=O)C1. The zero-order valence-corrected chi connectivity index (χ0v) is 12.4. The van der Waals surface area contributed by atoms with Crippen LogP contribution < -0.4 is 5.56 Å². The number of carbonyl (C=O) groups is 1. The Labute approximate surface area is 119 Å². The minimum atomic E-state index is 0.0297. The van der Waals surface area contributed by atoms with Gasteiger partial charge in [-0.3, -0.25) is 9.36 Å². The van der Waals surface area contributed by atoms with Crippen LogP contribution in [0.15, 0.2) is 11.1 Å². The Kier molecular flexibility index (Phi) is 4.42. The van der Waals surface area contributed by atoms with E-state index in [2.05, 4.69) is 4.98 Å². The highest BCUT2D eigenvalue weighted by Crippen LogP contribution is 2.15. The van der Waals surface area contributed by atoms with Crippen molar-refractivity contribution >= 4 is 6.03 Å². The van der Waals surface area contributed by atoms with Crippen LogP contribution in [-0.2, 0) is 19.5 Å². The van der Waals surface area contributed by atoms with Crippen LogP contribution in [0.2, 0.25) is 0 Å². The highest BCUT2D eigenvalue weighted by molar-refractivity contribution is 5.74. The molecule has 0 aliphatic carbocycles. The van der Waals surface area contributed by atoms with Crippen LogP contribution in [-0.4, -0.2) is 45.0 Å². The molecule has 0 unspecified atom stereocenters. The van der Waals surface area contributed by atoms with Crippen LogP contribution in [0, 0.1) is 0 Å². The van der Waals surface area contributed by atoms with Gasteiger partial charge in [-0.1, -0.05) is 0 Å². The second-order valence-corrected chi connectivity index (χ2v) is 4.89. The summed E-state index contributed by atoms with van der Waals surface area (Å²) < 4.78 is 1.61.